The normalized spacial score (nSPS) is 30.0. The minimum Gasteiger partial charge on any atom is -0.481 e. The standard InChI is InChI=1S/C20H32N2O5/c1-19(2,3)27-18(26)21-11-7-14(8-12-21)22-13-10-20(17(22)25)9-5-4-6-15(20)16(23)24/h14-15H,4-13H2,1-3H3,(H,23,24). The summed E-state index contributed by atoms with van der Waals surface area (Å²) in [5.74, 6) is -1.35. The van der Waals surface area contributed by atoms with Crippen molar-refractivity contribution in [2.45, 2.75) is 77.4 Å². The van der Waals surface area contributed by atoms with E-state index in [4.69, 9.17) is 4.74 Å². The Morgan fingerprint density at radius 3 is 2.33 bits per heavy atom. The molecule has 7 nitrogen and oxygen atoms in total. The minimum absolute atomic E-state index is 0.0327. The molecule has 152 valence electrons. The van der Waals surface area contributed by atoms with Crippen molar-refractivity contribution in [1.29, 1.82) is 0 Å². The highest BCUT2D eigenvalue weighted by molar-refractivity contribution is 5.90. The van der Waals surface area contributed by atoms with E-state index in [0.29, 0.717) is 38.9 Å². The predicted molar refractivity (Wildman–Crippen MR) is 99.2 cm³/mol. The zero-order chi connectivity index (χ0) is 19.8. The van der Waals surface area contributed by atoms with E-state index in [1.54, 1.807) is 4.90 Å². The van der Waals surface area contributed by atoms with E-state index in [-0.39, 0.29) is 18.0 Å². The lowest BCUT2D eigenvalue weighted by atomic mass is 9.65. The Kier molecular flexibility index (Phi) is 5.41. The fraction of sp³-hybridized carbons (Fsp3) is 0.850. The third-order valence-electron chi connectivity index (χ3n) is 6.37. The first-order chi connectivity index (χ1) is 12.6. The molecule has 3 fully saturated rings. The number of hydrogen-bond acceptors (Lipinski definition) is 4. The maximum atomic E-state index is 13.3. The number of aliphatic carboxylic acids is 1. The number of nitrogens with zero attached hydrogens (tertiary/aromatic N) is 2. The van der Waals surface area contributed by atoms with Crippen LogP contribution in [0.3, 0.4) is 0 Å². The molecule has 3 rings (SSSR count). The van der Waals surface area contributed by atoms with Gasteiger partial charge in [-0.25, -0.2) is 4.79 Å². The molecule has 2 unspecified atom stereocenters. The summed E-state index contributed by atoms with van der Waals surface area (Å²) in [6.45, 7) is 7.33. The summed E-state index contributed by atoms with van der Waals surface area (Å²) in [6.07, 6.45) is 4.90. The number of hydrogen-bond donors (Lipinski definition) is 1. The molecule has 7 heteroatoms. The average molecular weight is 380 g/mol. The topological polar surface area (TPSA) is 87.2 Å². The summed E-state index contributed by atoms with van der Waals surface area (Å²) in [4.78, 5) is 40.8. The summed E-state index contributed by atoms with van der Waals surface area (Å²) in [5, 5.41) is 9.64. The minimum atomic E-state index is -0.829. The Morgan fingerprint density at radius 2 is 1.74 bits per heavy atom. The Labute approximate surface area is 161 Å². The van der Waals surface area contributed by atoms with Crippen molar-refractivity contribution in [2.24, 2.45) is 11.3 Å². The molecule has 0 aromatic carbocycles. The Hall–Kier alpha value is -1.79. The molecule has 0 aromatic rings. The molecule has 2 saturated heterocycles. The van der Waals surface area contributed by atoms with E-state index in [9.17, 15) is 19.5 Å². The van der Waals surface area contributed by atoms with E-state index in [1.165, 1.54) is 0 Å². The third kappa shape index (κ3) is 3.92. The molecule has 2 aliphatic heterocycles. The molecule has 0 radical (unpaired) electrons. The van der Waals surface area contributed by atoms with Gasteiger partial charge >= 0.3 is 12.1 Å². The van der Waals surface area contributed by atoms with E-state index >= 15 is 0 Å². The van der Waals surface area contributed by atoms with Gasteiger partial charge in [0.2, 0.25) is 5.91 Å². The van der Waals surface area contributed by atoms with Gasteiger partial charge in [0.15, 0.2) is 0 Å². The van der Waals surface area contributed by atoms with Gasteiger partial charge in [-0.1, -0.05) is 12.8 Å². The molecule has 0 bridgehead atoms. The van der Waals surface area contributed by atoms with Gasteiger partial charge in [-0.15, -0.1) is 0 Å². The lowest BCUT2D eigenvalue weighted by Gasteiger charge is -2.40. The molecule has 27 heavy (non-hydrogen) atoms. The molecule has 3 aliphatic rings. The maximum Gasteiger partial charge on any atom is 0.410 e. The molecule has 2 amide bonds. The second kappa shape index (κ2) is 7.32. The zero-order valence-corrected chi connectivity index (χ0v) is 16.7. The predicted octanol–water partition coefficient (Wildman–Crippen LogP) is 2.88. The van der Waals surface area contributed by atoms with Gasteiger partial charge in [-0.3, -0.25) is 9.59 Å². The lowest BCUT2D eigenvalue weighted by molar-refractivity contribution is -0.157. The van der Waals surface area contributed by atoms with Gasteiger partial charge < -0.3 is 19.6 Å². The van der Waals surface area contributed by atoms with Gasteiger partial charge in [0, 0.05) is 25.7 Å². The monoisotopic (exact) mass is 380 g/mol. The molecule has 0 aromatic heterocycles. The van der Waals surface area contributed by atoms with Crippen LogP contribution < -0.4 is 0 Å². The van der Waals surface area contributed by atoms with Crippen molar-refractivity contribution in [3.63, 3.8) is 0 Å². The maximum absolute atomic E-state index is 13.3. The summed E-state index contributed by atoms with van der Waals surface area (Å²) < 4.78 is 5.43. The summed E-state index contributed by atoms with van der Waals surface area (Å²) in [5.41, 5.74) is -1.22. The van der Waals surface area contributed by atoms with Crippen molar-refractivity contribution in [3.05, 3.63) is 0 Å². The Bertz CT molecular complexity index is 606. The van der Waals surface area contributed by atoms with Crippen molar-refractivity contribution >= 4 is 18.0 Å². The van der Waals surface area contributed by atoms with Crippen molar-refractivity contribution in [1.82, 2.24) is 9.80 Å². The van der Waals surface area contributed by atoms with Crippen LogP contribution in [0.15, 0.2) is 0 Å². The van der Waals surface area contributed by atoms with Crippen LogP contribution >= 0.6 is 0 Å². The molecule has 1 saturated carbocycles. The number of carboxylic acids is 1. The van der Waals surface area contributed by atoms with E-state index < -0.39 is 22.9 Å². The summed E-state index contributed by atoms with van der Waals surface area (Å²) in [7, 11) is 0. The Balaban J connectivity index is 1.62. The van der Waals surface area contributed by atoms with Gasteiger partial charge in [-0.2, -0.15) is 0 Å². The van der Waals surface area contributed by atoms with Crippen LogP contribution in [0.5, 0.6) is 0 Å². The van der Waals surface area contributed by atoms with Gasteiger partial charge in [0.25, 0.3) is 0 Å². The number of likely N-dealkylation sites (tertiary alicyclic amines) is 2. The van der Waals surface area contributed by atoms with E-state index in [1.807, 2.05) is 25.7 Å². The van der Waals surface area contributed by atoms with Crippen molar-refractivity contribution in [3.8, 4) is 0 Å². The van der Waals surface area contributed by atoms with Gasteiger partial charge in [-0.05, 0) is 52.9 Å². The summed E-state index contributed by atoms with van der Waals surface area (Å²) >= 11 is 0. The third-order valence-corrected chi connectivity index (χ3v) is 6.37. The number of carbonyl (C=O) groups excluding carboxylic acids is 2. The number of amides is 2. The van der Waals surface area contributed by atoms with E-state index in [2.05, 4.69) is 0 Å². The molecule has 1 spiro atoms. The molecule has 2 atom stereocenters. The second-order valence-corrected chi connectivity index (χ2v) is 9.24. The van der Waals surface area contributed by atoms with Crippen LogP contribution in [0, 0.1) is 11.3 Å². The zero-order valence-electron chi connectivity index (χ0n) is 16.7. The van der Waals surface area contributed by atoms with E-state index in [0.717, 1.165) is 25.7 Å². The van der Waals surface area contributed by atoms with Crippen LogP contribution in [0.4, 0.5) is 4.79 Å². The molecular weight excluding hydrogens is 348 g/mol. The first kappa shape index (κ1) is 20.0. The number of carboxylic acid groups (broad SMARTS) is 1. The number of rotatable bonds is 2. The van der Waals surface area contributed by atoms with Gasteiger partial charge in [0.05, 0.1) is 11.3 Å². The molecule has 1 aliphatic carbocycles. The van der Waals surface area contributed by atoms with Crippen LogP contribution in [0.1, 0.15) is 65.7 Å². The van der Waals surface area contributed by atoms with Crippen molar-refractivity contribution in [2.75, 3.05) is 19.6 Å². The quantitative estimate of drug-likeness (QED) is 0.796. The fourth-order valence-electron chi connectivity index (χ4n) is 5.00. The first-order valence-corrected chi connectivity index (χ1v) is 10.2. The SMILES string of the molecule is CC(C)(C)OC(=O)N1CCC(N2CCC3(CCCCC3C(=O)O)C2=O)CC1. The molecule has 2 heterocycles. The van der Waals surface area contributed by atoms with Gasteiger partial charge in [0.1, 0.15) is 5.60 Å². The molecule has 1 N–H and O–H groups in total. The fourth-order valence-corrected chi connectivity index (χ4v) is 5.00. The summed E-state index contributed by atoms with van der Waals surface area (Å²) in [6, 6.07) is 0.0898. The molecular formula is C20H32N2O5. The number of piperidine rings is 1. The van der Waals surface area contributed by atoms with Crippen LogP contribution in [0.2, 0.25) is 0 Å². The second-order valence-electron chi connectivity index (χ2n) is 9.24. The average Bonchev–Trinajstić information content (AvgIpc) is 2.91. The largest absolute Gasteiger partial charge is 0.481 e. The highest BCUT2D eigenvalue weighted by atomic mass is 16.6. The number of carbonyl (C=O) groups is 3. The smallest absolute Gasteiger partial charge is 0.410 e. The highest BCUT2D eigenvalue weighted by Crippen LogP contribution is 2.49. The number of ether oxygens (including phenoxy) is 1. The first-order valence-electron chi connectivity index (χ1n) is 10.2. The van der Waals surface area contributed by atoms with Crippen molar-refractivity contribution < 1.29 is 24.2 Å². The highest BCUT2D eigenvalue weighted by Gasteiger charge is 2.56. The lowest BCUT2D eigenvalue weighted by Crippen LogP contribution is -2.51. The van der Waals surface area contributed by atoms with Crippen LogP contribution in [-0.2, 0) is 14.3 Å². The van der Waals surface area contributed by atoms with Crippen LogP contribution in [0.25, 0.3) is 0 Å². The van der Waals surface area contributed by atoms with Crippen LogP contribution in [-0.4, -0.2) is 64.2 Å². The Morgan fingerprint density at radius 1 is 1.07 bits per heavy atom.